The fraction of sp³-hybridized carbons (Fsp3) is 0.600. The summed E-state index contributed by atoms with van der Waals surface area (Å²) in [4.78, 5) is 17.0. The fourth-order valence-electron chi connectivity index (χ4n) is 1.19. The molecule has 5 heteroatoms. The number of carbonyl (C=O) groups excluding carboxylic acids is 1. The second kappa shape index (κ2) is 5.50. The average molecular weight is 210 g/mol. The van der Waals surface area contributed by atoms with Crippen LogP contribution in [0.2, 0.25) is 0 Å². The highest BCUT2D eigenvalue weighted by Crippen LogP contribution is 1.93. The Labute approximate surface area is 90.1 Å². The third-order valence-electron chi connectivity index (χ3n) is 2.22. The molecule has 1 rings (SSSR count). The van der Waals surface area contributed by atoms with Gasteiger partial charge in [0.05, 0.1) is 6.54 Å². The molecule has 1 N–H and O–H groups in total. The molecule has 1 aromatic rings. The fourth-order valence-corrected chi connectivity index (χ4v) is 1.19. The first-order valence-electron chi connectivity index (χ1n) is 4.98. The van der Waals surface area contributed by atoms with E-state index in [1.807, 2.05) is 17.8 Å². The maximum absolute atomic E-state index is 11.2. The van der Waals surface area contributed by atoms with Crippen LogP contribution in [0, 0.1) is 0 Å². The van der Waals surface area contributed by atoms with Gasteiger partial charge >= 0.3 is 0 Å². The van der Waals surface area contributed by atoms with Gasteiger partial charge in [-0.05, 0) is 0 Å². The maximum atomic E-state index is 11.2. The van der Waals surface area contributed by atoms with Gasteiger partial charge in [0.2, 0.25) is 5.91 Å². The number of carbonyl (C=O) groups is 1. The van der Waals surface area contributed by atoms with E-state index in [0.717, 1.165) is 5.82 Å². The minimum absolute atomic E-state index is 0.141. The van der Waals surface area contributed by atoms with Gasteiger partial charge in [-0.2, -0.15) is 0 Å². The van der Waals surface area contributed by atoms with Crippen LogP contribution in [0.3, 0.4) is 0 Å². The normalized spacial score (nSPS) is 10.3. The van der Waals surface area contributed by atoms with Crippen molar-refractivity contribution in [3.63, 3.8) is 0 Å². The van der Waals surface area contributed by atoms with E-state index >= 15 is 0 Å². The topological polar surface area (TPSA) is 50.2 Å². The maximum Gasteiger partial charge on any atom is 0.223 e. The van der Waals surface area contributed by atoms with E-state index in [9.17, 15) is 4.79 Å². The first-order valence-corrected chi connectivity index (χ1v) is 4.98. The van der Waals surface area contributed by atoms with Gasteiger partial charge in [-0.25, -0.2) is 4.98 Å². The molecule has 0 aliphatic rings. The lowest BCUT2D eigenvalue weighted by molar-refractivity contribution is -0.128. The minimum atomic E-state index is 0.141. The summed E-state index contributed by atoms with van der Waals surface area (Å²) in [7, 11) is 5.48. The smallest absolute Gasteiger partial charge is 0.223 e. The molecule has 0 aliphatic carbocycles. The lowest BCUT2D eigenvalue weighted by Gasteiger charge is -2.10. The molecular weight excluding hydrogens is 192 g/mol. The van der Waals surface area contributed by atoms with Crippen molar-refractivity contribution in [1.82, 2.24) is 19.8 Å². The summed E-state index contributed by atoms with van der Waals surface area (Å²) in [5.74, 6) is 1.12. The lowest BCUT2D eigenvalue weighted by atomic mass is 10.4. The monoisotopic (exact) mass is 210 g/mol. The van der Waals surface area contributed by atoms with E-state index in [1.54, 1.807) is 25.2 Å². The molecule has 1 amide bonds. The Balaban J connectivity index is 2.18. The molecule has 0 saturated heterocycles. The molecule has 1 heterocycles. The number of rotatable bonds is 5. The van der Waals surface area contributed by atoms with Gasteiger partial charge in [0.15, 0.2) is 0 Å². The number of aryl methyl sites for hydroxylation is 1. The second-order valence-corrected chi connectivity index (χ2v) is 3.67. The molecule has 0 saturated carbocycles. The summed E-state index contributed by atoms with van der Waals surface area (Å²) in [6.07, 6.45) is 4.20. The van der Waals surface area contributed by atoms with Crippen LogP contribution in [0.5, 0.6) is 0 Å². The van der Waals surface area contributed by atoms with Gasteiger partial charge in [0.25, 0.3) is 0 Å². The Morgan fingerprint density at radius 3 is 2.87 bits per heavy atom. The number of aromatic nitrogens is 2. The summed E-state index contributed by atoms with van der Waals surface area (Å²) in [5.41, 5.74) is 0. The highest BCUT2D eigenvalue weighted by molar-refractivity contribution is 5.75. The SMILES string of the molecule is CN(C)C(=O)CCNCc1nccn1C. The number of amides is 1. The summed E-state index contributed by atoms with van der Waals surface area (Å²) in [6.45, 7) is 1.38. The van der Waals surface area contributed by atoms with Gasteiger partial charge in [0, 0.05) is 46.5 Å². The quantitative estimate of drug-likeness (QED) is 0.695. The average Bonchev–Trinajstić information content (AvgIpc) is 2.58. The van der Waals surface area contributed by atoms with Crippen molar-refractivity contribution < 1.29 is 4.79 Å². The van der Waals surface area contributed by atoms with Crippen molar-refractivity contribution in [3.8, 4) is 0 Å². The third-order valence-corrected chi connectivity index (χ3v) is 2.22. The van der Waals surface area contributed by atoms with Gasteiger partial charge in [-0.3, -0.25) is 4.79 Å². The number of hydrogen-bond acceptors (Lipinski definition) is 3. The van der Waals surface area contributed by atoms with Crippen LogP contribution in [0.4, 0.5) is 0 Å². The molecule has 0 radical (unpaired) electrons. The van der Waals surface area contributed by atoms with Gasteiger partial charge in [-0.15, -0.1) is 0 Å². The van der Waals surface area contributed by atoms with Crippen molar-refractivity contribution in [3.05, 3.63) is 18.2 Å². The number of nitrogens with zero attached hydrogens (tertiary/aromatic N) is 3. The van der Waals surface area contributed by atoms with E-state index in [1.165, 1.54) is 0 Å². The summed E-state index contributed by atoms with van der Waals surface area (Å²) in [6, 6.07) is 0. The molecule has 84 valence electrons. The van der Waals surface area contributed by atoms with E-state index in [0.29, 0.717) is 19.5 Å². The number of imidazole rings is 1. The molecule has 5 nitrogen and oxygen atoms in total. The molecule has 0 fully saturated rings. The highest BCUT2D eigenvalue weighted by atomic mass is 16.2. The predicted octanol–water partition coefficient (Wildman–Crippen LogP) is -0.0120. The van der Waals surface area contributed by atoms with E-state index in [-0.39, 0.29) is 5.91 Å². The van der Waals surface area contributed by atoms with Gasteiger partial charge < -0.3 is 14.8 Å². The van der Waals surface area contributed by atoms with Gasteiger partial charge in [-0.1, -0.05) is 0 Å². The zero-order chi connectivity index (χ0) is 11.3. The van der Waals surface area contributed by atoms with Crippen LogP contribution in [0.25, 0.3) is 0 Å². The highest BCUT2D eigenvalue weighted by Gasteiger charge is 2.03. The van der Waals surface area contributed by atoms with E-state index in [4.69, 9.17) is 0 Å². The molecule has 0 aliphatic heterocycles. The number of nitrogens with one attached hydrogen (secondary N) is 1. The predicted molar refractivity (Wildman–Crippen MR) is 58.2 cm³/mol. The van der Waals surface area contributed by atoms with Crippen molar-refractivity contribution in [2.45, 2.75) is 13.0 Å². The van der Waals surface area contributed by atoms with Crippen molar-refractivity contribution in [1.29, 1.82) is 0 Å². The Morgan fingerprint density at radius 2 is 2.33 bits per heavy atom. The molecule has 0 aromatic carbocycles. The van der Waals surface area contributed by atoms with Crippen molar-refractivity contribution >= 4 is 5.91 Å². The lowest BCUT2D eigenvalue weighted by Crippen LogP contribution is -2.27. The Kier molecular flexibility index (Phi) is 4.30. The number of hydrogen-bond donors (Lipinski definition) is 1. The van der Waals surface area contributed by atoms with Crippen molar-refractivity contribution in [2.75, 3.05) is 20.6 Å². The van der Waals surface area contributed by atoms with E-state index < -0.39 is 0 Å². The molecule has 0 atom stereocenters. The minimum Gasteiger partial charge on any atom is -0.349 e. The Bertz CT molecular complexity index is 319. The van der Waals surface area contributed by atoms with Crippen LogP contribution >= 0.6 is 0 Å². The standard InChI is InChI=1S/C10H18N4O/c1-13(2)10(15)4-5-11-8-9-12-6-7-14(9)3/h6-7,11H,4-5,8H2,1-3H3. The molecule has 0 unspecified atom stereocenters. The zero-order valence-corrected chi connectivity index (χ0v) is 9.53. The van der Waals surface area contributed by atoms with Crippen LogP contribution in [0.1, 0.15) is 12.2 Å². The molecular formula is C10H18N4O. The van der Waals surface area contributed by atoms with Crippen LogP contribution in [0.15, 0.2) is 12.4 Å². The second-order valence-electron chi connectivity index (χ2n) is 3.67. The first kappa shape index (κ1) is 11.7. The summed E-state index contributed by atoms with van der Waals surface area (Å²) < 4.78 is 1.96. The summed E-state index contributed by atoms with van der Waals surface area (Å²) >= 11 is 0. The largest absolute Gasteiger partial charge is 0.349 e. The summed E-state index contributed by atoms with van der Waals surface area (Å²) in [5, 5.41) is 3.18. The van der Waals surface area contributed by atoms with Crippen LogP contribution in [-0.2, 0) is 18.4 Å². The van der Waals surface area contributed by atoms with Gasteiger partial charge in [0.1, 0.15) is 5.82 Å². The zero-order valence-electron chi connectivity index (χ0n) is 9.53. The first-order chi connectivity index (χ1) is 7.11. The third kappa shape index (κ3) is 3.71. The van der Waals surface area contributed by atoms with Crippen LogP contribution < -0.4 is 5.32 Å². The Hall–Kier alpha value is -1.36. The van der Waals surface area contributed by atoms with E-state index in [2.05, 4.69) is 10.3 Å². The molecule has 15 heavy (non-hydrogen) atoms. The van der Waals surface area contributed by atoms with Crippen molar-refractivity contribution in [2.24, 2.45) is 7.05 Å². The molecule has 0 bridgehead atoms. The molecule has 1 aromatic heterocycles. The van der Waals surface area contributed by atoms with Crippen LogP contribution in [-0.4, -0.2) is 41.0 Å². The molecule has 0 spiro atoms. The Morgan fingerprint density at radius 1 is 1.60 bits per heavy atom.